The Hall–Kier alpha value is -3.68. The van der Waals surface area contributed by atoms with Gasteiger partial charge in [-0.2, -0.15) is 0 Å². The van der Waals surface area contributed by atoms with E-state index in [1.165, 1.54) is 17.0 Å². The van der Waals surface area contributed by atoms with Crippen molar-refractivity contribution in [3.63, 3.8) is 0 Å². The Kier molecular flexibility index (Phi) is 5.60. The number of carbonyl (C=O) groups is 4. The molecule has 1 heterocycles. The third-order valence-electron chi connectivity index (χ3n) is 4.47. The maximum absolute atomic E-state index is 12.7. The van der Waals surface area contributed by atoms with Gasteiger partial charge in [0.15, 0.2) is 0 Å². The predicted molar refractivity (Wildman–Crippen MR) is 112 cm³/mol. The van der Waals surface area contributed by atoms with E-state index >= 15 is 0 Å². The van der Waals surface area contributed by atoms with Gasteiger partial charge in [-0.15, -0.1) is 0 Å². The van der Waals surface area contributed by atoms with E-state index < -0.39 is 17.5 Å². The van der Waals surface area contributed by atoms with Crippen molar-refractivity contribution in [2.24, 2.45) is 0 Å². The van der Waals surface area contributed by atoms with Crippen molar-refractivity contribution in [1.82, 2.24) is 4.90 Å². The van der Waals surface area contributed by atoms with Crippen molar-refractivity contribution in [1.29, 1.82) is 0 Å². The lowest BCUT2D eigenvalue weighted by molar-refractivity contribution is 0.0501. The smallest absolute Gasteiger partial charge is 0.338 e. The second kappa shape index (κ2) is 7.98. The van der Waals surface area contributed by atoms with Crippen LogP contribution in [-0.4, -0.2) is 40.9 Å². The van der Waals surface area contributed by atoms with Crippen LogP contribution in [0.2, 0.25) is 0 Å². The molecular formula is C22H23N3O5. The van der Waals surface area contributed by atoms with Crippen molar-refractivity contribution in [3.05, 3.63) is 59.2 Å². The van der Waals surface area contributed by atoms with Crippen molar-refractivity contribution in [3.8, 4) is 0 Å². The van der Waals surface area contributed by atoms with Gasteiger partial charge in [0.1, 0.15) is 0 Å². The summed E-state index contributed by atoms with van der Waals surface area (Å²) in [4.78, 5) is 50.4. The number of benzene rings is 2. The van der Waals surface area contributed by atoms with E-state index in [1.54, 1.807) is 58.0 Å². The van der Waals surface area contributed by atoms with Crippen molar-refractivity contribution >= 4 is 35.2 Å². The second-order valence-electron chi connectivity index (χ2n) is 7.75. The summed E-state index contributed by atoms with van der Waals surface area (Å²) in [5.74, 6) is -1.17. The van der Waals surface area contributed by atoms with Gasteiger partial charge >= 0.3 is 12.0 Å². The molecule has 1 aliphatic rings. The average Bonchev–Trinajstić information content (AvgIpc) is 2.92. The molecule has 0 fully saturated rings. The van der Waals surface area contributed by atoms with Crippen LogP contribution < -0.4 is 10.6 Å². The molecule has 0 saturated heterocycles. The fourth-order valence-electron chi connectivity index (χ4n) is 3.13. The number of hydrogen-bond acceptors (Lipinski definition) is 5. The lowest BCUT2D eigenvalue weighted by Gasteiger charge is -2.29. The summed E-state index contributed by atoms with van der Waals surface area (Å²) in [6.45, 7) is 7.36. The number of fused-ring (bicyclic) bond motifs is 1. The number of imide groups is 1. The zero-order valence-electron chi connectivity index (χ0n) is 17.2. The Morgan fingerprint density at radius 3 is 2.07 bits per heavy atom. The molecule has 30 heavy (non-hydrogen) atoms. The number of esters is 1. The minimum atomic E-state index is -0.645. The molecule has 0 saturated carbocycles. The van der Waals surface area contributed by atoms with Crippen LogP contribution in [0.4, 0.5) is 16.2 Å². The summed E-state index contributed by atoms with van der Waals surface area (Å²) in [6.07, 6.45) is 0. The molecule has 2 aromatic carbocycles. The zero-order chi connectivity index (χ0) is 22.1. The van der Waals surface area contributed by atoms with Crippen molar-refractivity contribution in [2.75, 3.05) is 17.2 Å². The molecule has 0 aliphatic carbocycles. The molecule has 0 aromatic heterocycles. The largest absolute Gasteiger partial charge is 0.462 e. The predicted octanol–water partition coefficient (Wildman–Crippen LogP) is 3.90. The first-order chi connectivity index (χ1) is 14.1. The van der Waals surface area contributed by atoms with Gasteiger partial charge in [0, 0.05) is 16.9 Å². The van der Waals surface area contributed by atoms with Crippen LogP contribution in [0.1, 0.15) is 58.8 Å². The van der Waals surface area contributed by atoms with Crippen LogP contribution in [0.5, 0.6) is 0 Å². The number of nitrogens with one attached hydrogen (secondary N) is 2. The number of carbonyl (C=O) groups excluding carboxylic acids is 4. The van der Waals surface area contributed by atoms with E-state index in [0.717, 1.165) is 0 Å². The van der Waals surface area contributed by atoms with Gasteiger partial charge in [-0.05, 0) is 70.2 Å². The molecule has 8 nitrogen and oxygen atoms in total. The number of amides is 4. The summed E-state index contributed by atoms with van der Waals surface area (Å²) >= 11 is 0. The molecule has 3 rings (SSSR count). The molecular weight excluding hydrogens is 386 g/mol. The highest BCUT2D eigenvalue weighted by Gasteiger charge is 2.41. The SMILES string of the molecule is CCOC(=O)c1ccc(NC(=O)Nc2ccc3c(c2)C(=O)N(C(C)(C)C)C3=O)cc1. The normalized spacial score (nSPS) is 13.1. The van der Waals surface area contributed by atoms with Crippen LogP contribution in [0.3, 0.4) is 0 Å². The van der Waals surface area contributed by atoms with Gasteiger partial charge in [-0.1, -0.05) is 0 Å². The highest BCUT2D eigenvalue weighted by Crippen LogP contribution is 2.31. The first-order valence-corrected chi connectivity index (χ1v) is 9.50. The number of anilines is 2. The molecule has 4 amide bonds. The lowest BCUT2D eigenvalue weighted by atomic mass is 10.1. The number of urea groups is 1. The molecule has 2 N–H and O–H groups in total. The number of ether oxygens (including phenoxy) is 1. The zero-order valence-corrected chi connectivity index (χ0v) is 17.2. The quantitative estimate of drug-likeness (QED) is 0.589. The molecule has 2 aromatic rings. The average molecular weight is 409 g/mol. The topological polar surface area (TPSA) is 105 Å². The van der Waals surface area contributed by atoms with Gasteiger partial charge in [0.25, 0.3) is 11.8 Å². The van der Waals surface area contributed by atoms with Crippen LogP contribution in [0.15, 0.2) is 42.5 Å². The maximum atomic E-state index is 12.7. The standard InChI is InChI=1S/C22H23N3O5/c1-5-30-20(28)13-6-8-14(9-7-13)23-21(29)24-15-10-11-16-17(12-15)19(27)25(18(16)26)22(2,3)4/h6-12H,5H2,1-4H3,(H2,23,24,29). The molecule has 0 radical (unpaired) electrons. The van der Waals surface area contributed by atoms with Crippen LogP contribution in [0.25, 0.3) is 0 Å². The third kappa shape index (κ3) is 4.17. The summed E-state index contributed by atoms with van der Waals surface area (Å²) in [7, 11) is 0. The molecule has 156 valence electrons. The monoisotopic (exact) mass is 409 g/mol. The molecule has 0 spiro atoms. The van der Waals surface area contributed by atoms with E-state index in [0.29, 0.717) is 22.5 Å². The first kappa shape index (κ1) is 21.0. The van der Waals surface area contributed by atoms with Gasteiger partial charge in [-0.3, -0.25) is 14.5 Å². The first-order valence-electron chi connectivity index (χ1n) is 9.50. The molecule has 0 atom stereocenters. The van der Waals surface area contributed by atoms with Crippen LogP contribution >= 0.6 is 0 Å². The molecule has 0 unspecified atom stereocenters. The number of nitrogens with zero attached hydrogens (tertiary/aromatic N) is 1. The summed E-state index contributed by atoms with van der Waals surface area (Å²) < 4.78 is 4.92. The molecule has 1 aliphatic heterocycles. The molecule has 8 heteroatoms. The minimum absolute atomic E-state index is 0.256. The van der Waals surface area contributed by atoms with Gasteiger partial charge in [0.05, 0.1) is 23.3 Å². The van der Waals surface area contributed by atoms with Gasteiger partial charge in [0.2, 0.25) is 0 Å². The van der Waals surface area contributed by atoms with E-state index in [9.17, 15) is 19.2 Å². The fraction of sp³-hybridized carbons (Fsp3) is 0.273. The van der Waals surface area contributed by atoms with Crippen molar-refractivity contribution in [2.45, 2.75) is 33.2 Å². The fourth-order valence-corrected chi connectivity index (χ4v) is 3.13. The Morgan fingerprint density at radius 1 is 0.900 bits per heavy atom. The van der Waals surface area contributed by atoms with Crippen molar-refractivity contribution < 1.29 is 23.9 Å². The van der Waals surface area contributed by atoms with E-state index in [4.69, 9.17) is 4.74 Å². The minimum Gasteiger partial charge on any atom is -0.462 e. The highest BCUT2D eigenvalue weighted by molar-refractivity contribution is 6.22. The maximum Gasteiger partial charge on any atom is 0.338 e. The lowest BCUT2D eigenvalue weighted by Crippen LogP contribution is -2.45. The summed E-state index contributed by atoms with van der Waals surface area (Å²) in [5, 5.41) is 5.29. The Balaban J connectivity index is 1.69. The molecule has 0 bridgehead atoms. The van der Waals surface area contributed by atoms with E-state index in [-0.39, 0.29) is 24.0 Å². The highest BCUT2D eigenvalue weighted by atomic mass is 16.5. The number of rotatable bonds is 4. The van der Waals surface area contributed by atoms with E-state index in [2.05, 4.69) is 10.6 Å². The summed E-state index contributed by atoms with van der Waals surface area (Å²) in [6, 6.07) is 10.3. The number of hydrogen-bond donors (Lipinski definition) is 2. The van der Waals surface area contributed by atoms with Gasteiger partial charge < -0.3 is 15.4 Å². The van der Waals surface area contributed by atoms with Gasteiger partial charge in [-0.25, -0.2) is 9.59 Å². The Labute approximate surface area is 174 Å². The Bertz CT molecular complexity index is 1020. The summed E-state index contributed by atoms with van der Waals surface area (Å²) in [5.41, 5.74) is 1.17. The third-order valence-corrected chi connectivity index (χ3v) is 4.47. The van der Waals surface area contributed by atoms with Crippen LogP contribution in [0, 0.1) is 0 Å². The van der Waals surface area contributed by atoms with Crippen LogP contribution in [-0.2, 0) is 4.74 Å². The Morgan fingerprint density at radius 2 is 1.47 bits per heavy atom. The van der Waals surface area contributed by atoms with E-state index in [1.807, 2.05) is 0 Å². The second-order valence-corrected chi connectivity index (χ2v) is 7.75.